The van der Waals surface area contributed by atoms with Crippen LogP contribution in [0.15, 0.2) is 35.9 Å². The van der Waals surface area contributed by atoms with Crippen molar-refractivity contribution in [2.45, 2.75) is 90.3 Å². The molecule has 0 radical (unpaired) electrons. The molecule has 0 N–H and O–H groups in total. The number of methoxy groups -OCH3 is 2. The number of rotatable bonds is 10. The van der Waals surface area contributed by atoms with Gasteiger partial charge in [-0.25, -0.2) is 4.79 Å². The third-order valence-electron chi connectivity index (χ3n) is 7.07. The van der Waals surface area contributed by atoms with E-state index in [0.717, 1.165) is 24.8 Å². The highest BCUT2D eigenvalue weighted by atomic mass is 16.6. The smallest absolute Gasteiger partial charge is 0.331 e. The molecule has 2 heterocycles. The van der Waals surface area contributed by atoms with Gasteiger partial charge in [-0.2, -0.15) is 0 Å². The van der Waals surface area contributed by atoms with E-state index in [2.05, 4.69) is 26.8 Å². The van der Waals surface area contributed by atoms with Crippen molar-refractivity contribution in [1.82, 2.24) is 0 Å². The van der Waals surface area contributed by atoms with Gasteiger partial charge in [0.1, 0.15) is 6.10 Å². The second-order valence-corrected chi connectivity index (χ2v) is 10.5. The van der Waals surface area contributed by atoms with Crippen LogP contribution in [-0.4, -0.2) is 63.4 Å². The van der Waals surface area contributed by atoms with Gasteiger partial charge in [0.15, 0.2) is 11.5 Å². The second-order valence-electron chi connectivity index (χ2n) is 10.5. The summed E-state index contributed by atoms with van der Waals surface area (Å²) in [7, 11) is 3.30. The van der Waals surface area contributed by atoms with E-state index in [0.29, 0.717) is 31.1 Å². The predicted octanol–water partition coefficient (Wildman–Crippen LogP) is 5.75. The fraction of sp³-hybridized carbons (Fsp3) is 0.633. The van der Waals surface area contributed by atoms with E-state index in [-0.39, 0.29) is 29.8 Å². The van der Waals surface area contributed by atoms with Gasteiger partial charge in [0, 0.05) is 32.3 Å². The summed E-state index contributed by atoms with van der Waals surface area (Å²) in [6.07, 6.45) is 7.96. The Balaban J connectivity index is 1.73. The van der Waals surface area contributed by atoms with Crippen LogP contribution in [0.4, 0.5) is 0 Å². The van der Waals surface area contributed by atoms with Gasteiger partial charge in [-0.1, -0.05) is 17.7 Å². The van der Waals surface area contributed by atoms with E-state index in [1.54, 1.807) is 20.3 Å². The number of esters is 1. The molecule has 2 fully saturated rings. The maximum Gasteiger partial charge on any atom is 0.331 e. The number of benzene rings is 1. The van der Waals surface area contributed by atoms with Crippen molar-refractivity contribution in [2.75, 3.05) is 27.4 Å². The maximum atomic E-state index is 12.9. The number of hydrogen-bond acceptors (Lipinski definition) is 7. The fourth-order valence-corrected chi connectivity index (χ4v) is 5.06. The molecule has 7 nitrogen and oxygen atoms in total. The standard InChI is InChI=1S/C30H44O7/c1-20(2)10-14-27-30(5,37-27)23-16-18-34-17-8-9-25(29(23)33-7)36-28(31)15-12-22-11-13-24(32-6)26(19-22)35-21(3)4/h10-13,15,19,21,23,25,27,29H,8-9,14,16-18H2,1-7H3/b15-12+/t23-,25-,27+,29+,30?/m1/s1. The highest BCUT2D eigenvalue weighted by molar-refractivity contribution is 5.87. The second kappa shape index (κ2) is 13.4. The van der Waals surface area contributed by atoms with Crippen LogP contribution in [-0.2, 0) is 23.7 Å². The Bertz CT molecular complexity index is 949. The van der Waals surface area contributed by atoms with Gasteiger partial charge in [0.25, 0.3) is 0 Å². The van der Waals surface area contributed by atoms with Crippen molar-refractivity contribution < 1.29 is 33.2 Å². The number of hydrogen-bond donors (Lipinski definition) is 0. The Morgan fingerprint density at radius 2 is 1.95 bits per heavy atom. The quantitative estimate of drug-likeness (QED) is 0.170. The molecule has 1 aromatic rings. The molecule has 2 saturated heterocycles. The zero-order valence-electron chi connectivity index (χ0n) is 23.5. The molecular weight excluding hydrogens is 472 g/mol. The lowest BCUT2D eigenvalue weighted by molar-refractivity contribution is -0.155. The normalized spacial score (nSPS) is 28.2. The lowest BCUT2D eigenvalue weighted by Crippen LogP contribution is -2.45. The third-order valence-corrected chi connectivity index (χ3v) is 7.07. The molecule has 0 amide bonds. The summed E-state index contributed by atoms with van der Waals surface area (Å²) in [6, 6.07) is 5.55. The first-order valence-corrected chi connectivity index (χ1v) is 13.3. The molecule has 7 heteroatoms. The van der Waals surface area contributed by atoms with Crippen molar-refractivity contribution >= 4 is 12.0 Å². The van der Waals surface area contributed by atoms with E-state index >= 15 is 0 Å². The van der Waals surface area contributed by atoms with E-state index in [9.17, 15) is 4.79 Å². The van der Waals surface area contributed by atoms with Crippen LogP contribution in [0.25, 0.3) is 6.08 Å². The van der Waals surface area contributed by atoms with Crippen LogP contribution < -0.4 is 9.47 Å². The van der Waals surface area contributed by atoms with Crippen LogP contribution >= 0.6 is 0 Å². The van der Waals surface area contributed by atoms with Gasteiger partial charge in [-0.15, -0.1) is 0 Å². The number of carbonyl (C=O) groups is 1. The van der Waals surface area contributed by atoms with E-state index < -0.39 is 12.1 Å². The summed E-state index contributed by atoms with van der Waals surface area (Å²) in [5.74, 6) is 0.919. The number of carbonyl (C=O) groups excluding carboxylic acids is 1. The van der Waals surface area contributed by atoms with Crippen molar-refractivity contribution in [1.29, 1.82) is 0 Å². The molecule has 0 saturated carbocycles. The molecule has 2 aliphatic heterocycles. The molecule has 3 rings (SSSR count). The minimum Gasteiger partial charge on any atom is -0.493 e. The van der Waals surface area contributed by atoms with E-state index in [1.807, 2.05) is 32.0 Å². The van der Waals surface area contributed by atoms with Crippen molar-refractivity contribution in [3.63, 3.8) is 0 Å². The summed E-state index contributed by atoms with van der Waals surface area (Å²) in [6.45, 7) is 11.5. The predicted molar refractivity (Wildman–Crippen MR) is 144 cm³/mol. The first-order chi connectivity index (χ1) is 17.7. The number of allylic oxidation sites excluding steroid dienone is 1. The Labute approximate surface area is 222 Å². The molecular formula is C30H44O7. The molecule has 1 unspecified atom stereocenters. The lowest BCUT2D eigenvalue weighted by Gasteiger charge is -2.34. The summed E-state index contributed by atoms with van der Waals surface area (Å²) in [5, 5.41) is 0. The lowest BCUT2D eigenvalue weighted by atomic mass is 9.80. The Morgan fingerprint density at radius 1 is 1.16 bits per heavy atom. The van der Waals surface area contributed by atoms with Crippen molar-refractivity contribution in [3.8, 4) is 11.5 Å². The van der Waals surface area contributed by atoms with Crippen LogP contribution in [0, 0.1) is 5.92 Å². The first kappa shape index (κ1) is 29.2. The molecule has 5 atom stereocenters. The molecule has 206 valence electrons. The Hall–Kier alpha value is -2.35. The van der Waals surface area contributed by atoms with Crippen LogP contribution in [0.1, 0.15) is 65.9 Å². The molecule has 0 spiro atoms. The maximum absolute atomic E-state index is 12.9. The van der Waals surface area contributed by atoms with Crippen molar-refractivity contribution in [3.05, 3.63) is 41.5 Å². The average Bonchev–Trinajstić information content (AvgIpc) is 3.49. The van der Waals surface area contributed by atoms with E-state index in [1.165, 1.54) is 11.6 Å². The minimum absolute atomic E-state index is 0.00307. The highest BCUT2D eigenvalue weighted by Crippen LogP contribution is 2.49. The van der Waals surface area contributed by atoms with Crippen molar-refractivity contribution in [2.24, 2.45) is 5.92 Å². The van der Waals surface area contributed by atoms with Crippen LogP contribution in [0.3, 0.4) is 0 Å². The number of ether oxygens (including phenoxy) is 6. The zero-order valence-corrected chi connectivity index (χ0v) is 23.5. The largest absolute Gasteiger partial charge is 0.493 e. The number of epoxide rings is 1. The van der Waals surface area contributed by atoms with Gasteiger partial charge in [-0.3, -0.25) is 0 Å². The molecule has 2 aliphatic rings. The van der Waals surface area contributed by atoms with Crippen LogP contribution in [0.5, 0.6) is 11.5 Å². The van der Waals surface area contributed by atoms with Gasteiger partial charge < -0.3 is 28.4 Å². The topological polar surface area (TPSA) is 75.8 Å². The average molecular weight is 517 g/mol. The molecule has 0 aliphatic carbocycles. The third kappa shape index (κ3) is 8.06. The van der Waals surface area contributed by atoms with Gasteiger partial charge in [-0.05, 0) is 84.1 Å². The van der Waals surface area contributed by atoms with Gasteiger partial charge >= 0.3 is 5.97 Å². The minimum atomic E-state index is -0.406. The SMILES string of the molecule is COc1ccc(/C=C/C(=O)O[C@@H]2CCCOCC[C@@H](C3(C)O[C@H]3CC=C(C)C)[C@@H]2OC)cc1OC(C)C. The Kier molecular flexibility index (Phi) is 10.6. The molecule has 0 aromatic heterocycles. The molecule has 0 bridgehead atoms. The van der Waals surface area contributed by atoms with E-state index in [4.69, 9.17) is 28.4 Å². The first-order valence-electron chi connectivity index (χ1n) is 13.3. The highest BCUT2D eigenvalue weighted by Gasteiger charge is 2.59. The molecule has 37 heavy (non-hydrogen) atoms. The van der Waals surface area contributed by atoms with Gasteiger partial charge in [0.2, 0.25) is 0 Å². The summed E-state index contributed by atoms with van der Waals surface area (Å²) in [4.78, 5) is 12.9. The zero-order chi connectivity index (χ0) is 27.0. The monoisotopic (exact) mass is 516 g/mol. The van der Waals surface area contributed by atoms with Gasteiger partial charge in [0.05, 0.1) is 31.0 Å². The summed E-state index contributed by atoms with van der Waals surface area (Å²) in [5.41, 5.74) is 1.76. The van der Waals surface area contributed by atoms with Crippen LogP contribution in [0.2, 0.25) is 0 Å². The summed E-state index contributed by atoms with van der Waals surface area (Å²) >= 11 is 0. The summed E-state index contributed by atoms with van der Waals surface area (Å²) < 4.78 is 35.3. The fourth-order valence-electron chi connectivity index (χ4n) is 5.06. The Morgan fingerprint density at radius 3 is 2.62 bits per heavy atom. The molecule has 1 aromatic carbocycles.